The van der Waals surface area contributed by atoms with E-state index >= 15 is 0 Å². The summed E-state index contributed by atoms with van der Waals surface area (Å²) < 4.78 is 1.52. The summed E-state index contributed by atoms with van der Waals surface area (Å²) in [5, 5.41) is 9.07. The molecule has 4 heteroatoms. The van der Waals surface area contributed by atoms with Crippen LogP contribution in [0.1, 0.15) is 13.8 Å². The number of aromatic nitrogens is 1. The number of rotatable bonds is 3. The van der Waals surface area contributed by atoms with Crippen molar-refractivity contribution < 1.29 is 5.11 Å². The average molecular weight is 196 g/mol. The molecule has 78 valence electrons. The van der Waals surface area contributed by atoms with Crippen LogP contribution >= 0.6 is 0 Å². The van der Waals surface area contributed by atoms with Crippen LogP contribution in [0.3, 0.4) is 0 Å². The highest BCUT2D eigenvalue weighted by molar-refractivity contribution is 5.33. The molecule has 0 bridgehead atoms. The number of pyridine rings is 1. The first-order valence-electron chi connectivity index (χ1n) is 4.52. The standard InChI is InChI=1S/C10H16N2O2/c1-10(2,7-13)6-12-5-3-4-8(11)9(12)14/h3-5,13H,6-7,11H2,1-2H3. The molecule has 1 aromatic heterocycles. The van der Waals surface area contributed by atoms with E-state index in [0.717, 1.165) is 0 Å². The van der Waals surface area contributed by atoms with E-state index in [9.17, 15) is 4.79 Å². The Morgan fingerprint density at radius 1 is 1.57 bits per heavy atom. The fourth-order valence-electron chi connectivity index (χ4n) is 1.19. The molecule has 1 heterocycles. The van der Waals surface area contributed by atoms with Gasteiger partial charge in [0.2, 0.25) is 0 Å². The van der Waals surface area contributed by atoms with Crippen LogP contribution in [0.5, 0.6) is 0 Å². The van der Waals surface area contributed by atoms with Crippen LogP contribution in [0.2, 0.25) is 0 Å². The van der Waals surface area contributed by atoms with E-state index in [2.05, 4.69) is 0 Å². The minimum absolute atomic E-state index is 0.0360. The number of anilines is 1. The fraction of sp³-hybridized carbons (Fsp3) is 0.500. The SMILES string of the molecule is CC(C)(CO)Cn1cccc(N)c1=O. The Hall–Kier alpha value is -1.29. The number of hydrogen-bond acceptors (Lipinski definition) is 3. The van der Waals surface area contributed by atoms with Gasteiger partial charge in [-0.15, -0.1) is 0 Å². The van der Waals surface area contributed by atoms with Gasteiger partial charge < -0.3 is 15.4 Å². The monoisotopic (exact) mass is 196 g/mol. The van der Waals surface area contributed by atoms with Gasteiger partial charge in [-0.2, -0.15) is 0 Å². The van der Waals surface area contributed by atoms with Gasteiger partial charge in [0.05, 0.1) is 5.69 Å². The molecule has 0 amide bonds. The number of nitrogen functional groups attached to an aromatic ring is 1. The van der Waals surface area contributed by atoms with E-state index in [1.165, 1.54) is 4.57 Å². The van der Waals surface area contributed by atoms with Gasteiger partial charge in [-0.05, 0) is 12.1 Å². The molecule has 0 radical (unpaired) electrons. The first-order chi connectivity index (χ1) is 6.46. The second kappa shape index (κ2) is 3.84. The Labute approximate surface area is 83.0 Å². The van der Waals surface area contributed by atoms with Gasteiger partial charge in [-0.25, -0.2) is 0 Å². The summed E-state index contributed by atoms with van der Waals surface area (Å²) in [6, 6.07) is 3.30. The third-order valence-corrected chi connectivity index (χ3v) is 2.08. The van der Waals surface area contributed by atoms with Crippen LogP contribution in [-0.2, 0) is 6.54 Å². The molecule has 0 spiro atoms. The highest BCUT2D eigenvalue weighted by Gasteiger charge is 2.17. The van der Waals surface area contributed by atoms with Crippen molar-refractivity contribution >= 4 is 5.69 Å². The number of nitrogens with two attached hydrogens (primary N) is 1. The second-order valence-corrected chi connectivity index (χ2v) is 4.22. The molecular formula is C10H16N2O2. The van der Waals surface area contributed by atoms with E-state index in [1.54, 1.807) is 18.3 Å². The fourth-order valence-corrected chi connectivity index (χ4v) is 1.19. The van der Waals surface area contributed by atoms with Crippen LogP contribution in [0.15, 0.2) is 23.1 Å². The van der Waals surface area contributed by atoms with E-state index in [-0.39, 0.29) is 23.3 Å². The van der Waals surface area contributed by atoms with Gasteiger partial charge in [0.15, 0.2) is 0 Å². The Morgan fingerprint density at radius 2 is 2.21 bits per heavy atom. The van der Waals surface area contributed by atoms with Gasteiger partial charge in [0.1, 0.15) is 0 Å². The van der Waals surface area contributed by atoms with Crippen molar-refractivity contribution in [3.05, 3.63) is 28.7 Å². The summed E-state index contributed by atoms with van der Waals surface area (Å²) in [7, 11) is 0. The minimum Gasteiger partial charge on any atom is -0.396 e. The summed E-state index contributed by atoms with van der Waals surface area (Å²) in [4.78, 5) is 11.5. The maximum absolute atomic E-state index is 11.5. The molecule has 0 aromatic carbocycles. The molecule has 14 heavy (non-hydrogen) atoms. The summed E-state index contributed by atoms with van der Waals surface area (Å²) in [6.45, 7) is 4.28. The highest BCUT2D eigenvalue weighted by atomic mass is 16.3. The van der Waals surface area contributed by atoms with Gasteiger partial charge >= 0.3 is 0 Å². The molecule has 1 aromatic rings. The third kappa shape index (κ3) is 2.35. The molecule has 1 rings (SSSR count). The van der Waals surface area contributed by atoms with Gasteiger partial charge in [-0.1, -0.05) is 13.8 Å². The van der Waals surface area contributed by atoms with E-state index in [0.29, 0.717) is 6.54 Å². The van der Waals surface area contributed by atoms with Crippen molar-refractivity contribution in [2.75, 3.05) is 12.3 Å². The number of hydrogen-bond donors (Lipinski definition) is 2. The molecule has 0 aliphatic rings. The molecule has 0 atom stereocenters. The van der Waals surface area contributed by atoms with Crippen molar-refractivity contribution in [2.45, 2.75) is 20.4 Å². The van der Waals surface area contributed by atoms with Crippen molar-refractivity contribution in [2.24, 2.45) is 5.41 Å². The lowest BCUT2D eigenvalue weighted by molar-refractivity contribution is 0.140. The molecule has 0 unspecified atom stereocenters. The largest absolute Gasteiger partial charge is 0.396 e. The Kier molecular flexibility index (Phi) is 2.96. The smallest absolute Gasteiger partial charge is 0.273 e. The molecule has 0 aliphatic heterocycles. The minimum atomic E-state index is -0.308. The molecule has 0 aliphatic carbocycles. The lowest BCUT2D eigenvalue weighted by Crippen LogP contribution is -2.31. The molecule has 3 N–H and O–H groups in total. The molecule has 0 saturated carbocycles. The van der Waals surface area contributed by atoms with Crippen molar-refractivity contribution in [1.29, 1.82) is 0 Å². The topological polar surface area (TPSA) is 68.2 Å². The second-order valence-electron chi connectivity index (χ2n) is 4.22. The predicted octanol–water partition coefficient (Wildman–Crippen LogP) is 0.449. The van der Waals surface area contributed by atoms with Crippen LogP contribution < -0.4 is 11.3 Å². The predicted molar refractivity (Wildman–Crippen MR) is 56.0 cm³/mol. The maximum Gasteiger partial charge on any atom is 0.273 e. The van der Waals surface area contributed by atoms with E-state index in [1.807, 2.05) is 13.8 Å². The quantitative estimate of drug-likeness (QED) is 0.737. The third-order valence-electron chi connectivity index (χ3n) is 2.08. The van der Waals surface area contributed by atoms with Crippen molar-refractivity contribution in [3.63, 3.8) is 0 Å². The highest BCUT2D eigenvalue weighted by Crippen LogP contribution is 2.15. The molecular weight excluding hydrogens is 180 g/mol. The summed E-state index contributed by atoms with van der Waals surface area (Å²) in [6.07, 6.45) is 1.68. The van der Waals surface area contributed by atoms with Crippen LogP contribution in [0.25, 0.3) is 0 Å². The summed E-state index contributed by atoms with van der Waals surface area (Å²) in [5.41, 5.74) is 5.21. The number of aliphatic hydroxyl groups excluding tert-OH is 1. The van der Waals surface area contributed by atoms with Gasteiger partial charge in [0, 0.05) is 24.8 Å². The summed E-state index contributed by atoms with van der Waals surface area (Å²) >= 11 is 0. The van der Waals surface area contributed by atoms with Crippen molar-refractivity contribution in [1.82, 2.24) is 4.57 Å². The Morgan fingerprint density at radius 3 is 2.79 bits per heavy atom. The first-order valence-corrected chi connectivity index (χ1v) is 4.52. The van der Waals surface area contributed by atoms with Crippen molar-refractivity contribution in [3.8, 4) is 0 Å². The van der Waals surface area contributed by atoms with Gasteiger partial charge in [0.25, 0.3) is 5.56 Å². The lowest BCUT2D eigenvalue weighted by Gasteiger charge is -2.22. The van der Waals surface area contributed by atoms with Crippen LogP contribution in [-0.4, -0.2) is 16.3 Å². The maximum atomic E-state index is 11.5. The Balaban J connectivity index is 2.99. The Bertz CT molecular complexity index is 369. The zero-order chi connectivity index (χ0) is 10.8. The van der Waals surface area contributed by atoms with Crippen LogP contribution in [0.4, 0.5) is 5.69 Å². The normalized spacial score (nSPS) is 11.6. The number of aliphatic hydroxyl groups is 1. The van der Waals surface area contributed by atoms with E-state index < -0.39 is 0 Å². The van der Waals surface area contributed by atoms with Crippen LogP contribution in [0, 0.1) is 5.41 Å². The first kappa shape index (κ1) is 10.8. The molecule has 0 fully saturated rings. The number of nitrogens with zero attached hydrogens (tertiary/aromatic N) is 1. The van der Waals surface area contributed by atoms with E-state index in [4.69, 9.17) is 10.8 Å². The zero-order valence-corrected chi connectivity index (χ0v) is 8.53. The zero-order valence-electron chi connectivity index (χ0n) is 8.53. The molecule has 0 saturated heterocycles. The molecule has 4 nitrogen and oxygen atoms in total. The lowest BCUT2D eigenvalue weighted by atomic mass is 9.95. The van der Waals surface area contributed by atoms with Gasteiger partial charge in [-0.3, -0.25) is 4.79 Å². The average Bonchev–Trinajstić information content (AvgIpc) is 2.13. The summed E-state index contributed by atoms with van der Waals surface area (Å²) in [5.74, 6) is 0.